The molecule has 0 spiro atoms. The van der Waals surface area contributed by atoms with Gasteiger partial charge in [-0.15, -0.1) is 10.2 Å². The highest BCUT2D eigenvalue weighted by molar-refractivity contribution is 5.94. The molecule has 156 valence electrons. The zero-order chi connectivity index (χ0) is 21.1. The molecular weight excluding hydrogens is 385 g/mol. The quantitative estimate of drug-likeness (QED) is 0.697. The molecule has 1 amide bonds. The lowest BCUT2D eigenvalue weighted by molar-refractivity contribution is 0.0735. The summed E-state index contributed by atoms with van der Waals surface area (Å²) in [6.07, 6.45) is 0. The van der Waals surface area contributed by atoms with Crippen molar-refractivity contribution < 1.29 is 9.18 Å². The van der Waals surface area contributed by atoms with Crippen LogP contribution in [0.5, 0.6) is 0 Å². The second-order valence-corrected chi connectivity index (χ2v) is 7.13. The fraction of sp³-hybridized carbons (Fsp3) is 0.333. The van der Waals surface area contributed by atoms with E-state index in [1.165, 1.54) is 12.1 Å². The lowest BCUT2D eigenvalue weighted by atomic mass is 10.1. The SMILES string of the molecule is CCNc1ccc(N2CCN(C(=O)c3cc(-c4ccc(F)cc4)nn3C)CC2)nn1. The Morgan fingerprint density at radius 1 is 1.07 bits per heavy atom. The van der Waals surface area contributed by atoms with Gasteiger partial charge in [-0.05, 0) is 49.4 Å². The van der Waals surface area contributed by atoms with E-state index in [2.05, 4.69) is 25.5 Å². The Balaban J connectivity index is 1.41. The average Bonchev–Trinajstić information content (AvgIpc) is 3.16. The number of nitrogens with zero attached hydrogens (tertiary/aromatic N) is 6. The Labute approximate surface area is 174 Å². The van der Waals surface area contributed by atoms with Gasteiger partial charge in [-0.2, -0.15) is 5.10 Å². The molecule has 0 bridgehead atoms. The highest BCUT2D eigenvalue weighted by Crippen LogP contribution is 2.21. The fourth-order valence-electron chi connectivity index (χ4n) is 3.50. The van der Waals surface area contributed by atoms with Gasteiger partial charge in [-0.25, -0.2) is 4.39 Å². The van der Waals surface area contributed by atoms with Gasteiger partial charge in [-0.3, -0.25) is 9.48 Å². The van der Waals surface area contributed by atoms with E-state index in [4.69, 9.17) is 0 Å². The molecule has 1 N–H and O–H groups in total. The van der Waals surface area contributed by atoms with Gasteiger partial charge < -0.3 is 15.1 Å². The number of halogens is 1. The molecule has 1 aliphatic rings. The molecule has 1 fully saturated rings. The Morgan fingerprint density at radius 3 is 2.43 bits per heavy atom. The summed E-state index contributed by atoms with van der Waals surface area (Å²) >= 11 is 0. The highest BCUT2D eigenvalue weighted by atomic mass is 19.1. The normalized spacial score (nSPS) is 14.1. The van der Waals surface area contributed by atoms with E-state index in [0.717, 1.165) is 23.7 Å². The molecular formula is C21H24FN7O. The number of anilines is 2. The first-order valence-corrected chi connectivity index (χ1v) is 9.97. The maximum atomic E-state index is 13.2. The van der Waals surface area contributed by atoms with Gasteiger partial charge in [-0.1, -0.05) is 0 Å². The predicted molar refractivity (Wildman–Crippen MR) is 113 cm³/mol. The molecule has 1 aromatic carbocycles. The number of hydrogen-bond donors (Lipinski definition) is 1. The smallest absolute Gasteiger partial charge is 0.272 e. The summed E-state index contributed by atoms with van der Waals surface area (Å²) in [6.45, 7) is 5.36. The van der Waals surface area contributed by atoms with Crippen LogP contribution in [0.4, 0.5) is 16.0 Å². The van der Waals surface area contributed by atoms with Crippen molar-refractivity contribution in [2.24, 2.45) is 7.05 Å². The van der Waals surface area contributed by atoms with Crippen LogP contribution in [0.25, 0.3) is 11.3 Å². The van der Waals surface area contributed by atoms with Gasteiger partial charge in [0.1, 0.15) is 17.3 Å². The summed E-state index contributed by atoms with van der Waals surface area (Å²) in [6, 6.07) is 11.7. The zero-order valence-electron chi connectivity index (χ0n) is 17.0. The fourth-order valence-corrected chi connectivity index (χ4v) is 3.50. The van der Waals surface area contributed by atoms with Crippen LogP contribution in [0, 0.1) is 5.82 Å². The molecule has 8 nitrogen and oxygen atoms in total. The summed E-state index contributed by atoms with van der Waals surface area (Å²) in [5, 5.41) is 16.0. The molecule has 9 heteroatoms. The molecule has 0 saturated carbocycles. The van der Waals surface area contributed by atoms with E-state index in [-0.39, 0.29) is 11.7 Å². The second kappa shape index (κ2) is 8.48. The van der Waals surface area contributed by atoms with Crippen molar-refractivity contribution in [3.8, 4) is 11.3 Å². The van der Waals surface area contributed by atoms with Gasteiger partial charge in [0.25, 0.3) is 5.91 Å². The van der Waals surface area contributed by atoms with Crippen molar-refractivity contribution in [1.82, 2.24) is 24.9 Å². The Kier molecular flexibility index (Phi) is 5.60. The Bertz CT molecular complexity index is 1010. The predicted octanol–water partition coefficient (Wildman–Crippen LogP) is 2.41. The van der Waals surface area contributed by atoms with Gasteiger partial charge >= 0.3 is 0 Å². The number of nitrogens with one attached hydrogen (secondary N) is 1. The number of rotatable bonds is 5. The molecule has 3 heterocycles. The molecule has 4 rings (SSSR count). The number of amides is 1. The standard InChI is InChI=1S/C21H24FN7O/c1-3-23-19-8-9-20(25-24-19)28-10-12-29(13-11-28)21(30)18-14-17(26-27(18)2)15-4-6-16(22)7-5-15/h4-9,14H,3,10-13H2,1-2H3,(H,23,24). The highest BCUT2D eigenvalue weighted by Gasteiger charge is 2.25. The third-order valence-corrected chi connectivity index (χ3v) is 5.14. The van der Waals surface area contributed by atoms with Crippen molar-refractivity contribution in [3.63, 3.8) is 0 Å². The van der Waals surface area contributed by atoms with E-state index >= 15 is 0 Å². The number of hydrogen-bond acceptors (Lipinski definition) is 6. The van der Waals surface area contributed by atoms with Crippen LogP contribution in [0.3, 0.4) is 0 Å². The molecule has 30 heavy (non-hydrogen) atoms. The molecule has 0 atom stereocenters. The van der Waals surface area contributed by atoms with Crippen molar-refractivity contribution in [1.29, 1.82) is 0 Å². The van der Waals surface area contributed by atoms with Crippen LogP contribution < -0.4 is 10.2 Å². The summed E-state index contributed by atoms with van der Waals surface area (Å²) in [4.78, 5) is 17.0. The van der Waals surface area contributed by atoms with Crippen molar-refractivity contribution in [2.75, 3.05) is 42.9 Å². The largest absolute Gasteiger partial charge is 0.369 e. The maximum Gasteiger partial charge on any atom is 0.272 e. The van der Waals surface area contributed by atoms with Crippen LogP contribution in [-0.4, -0.2) is 63.5 Å². The number of piperazine rings is 1. The number of aromatic nitrogens is 4. The Morgan fingerprint density at radius 2 is 1.80 bits per heavy atom. The minimum atomic E-state index is -0.301. The van der Waals surface area contributed by atoms with Crippen LogP contribution in [0.2, 0.25) is 0 Å². The van der Waals surface area contributed by atoms with Gasteiger partial charge in [0.05, 0.1) is 5.69 Å². The van der Waals surface area contributed by atoms with Crippen molar-refractivity contribution in [2.45, 2.75) is 6.92 Å². The first-order valence-electron chi connectivity index (χ1n) is 9.97. The van der Waals surface area contributed by atoms with Gasteiger partial charge in [0.2, 0.25) is 0 Å². The Hall–Kier alpha value is -3.49. The minimum Gasteiger partial charge on any atom is -0.369 e. The van der Waals surface area contributed by atoms with Crippen LogP contribution in [0.1, 0.15) is 17.4 Å². The first kappa shape index (κ1) is 19.8. The lowest BCUT2D eigenvalue weighted by Crippen LogP contribution is -2.49. The van der Waals surface area contributed by atoms with Gasteiger partial charge in [0.15, 0.2) is 5.82 Å². The lowest BCUT2D eigenvalue weighted by Gasteiger charge is -2.35. The van der Waals surface area contributed by atoms with E-state index in [9.17, 15) is 9.18 Å². The molecule has 3 aromatic rings. The number of carbonyl (C=O) groups is 1. The van der Waals surface area contributed by atoms with Crippen LogP contribution >= 0.6 is 0 Å². The molecule has 0 radical (unpaired) electrons. The van der Waals surface area contributed by atoms with Gasteiger partial charge in [0, 0.05) is 45.3 Å². The number of benzene rings is 1. The first-order chi connectivity index (χ1) is 14.5. The number of carbonyl (C=O) groups excluding carboxylic acids is 1. The monoisotopic (exact) mass is 409 g/mol. The van der Waals surface area contributed by atoms with E-state index in [1.807, 2.05) is 24.0 Å². The molecule has 0 aliphatic carbocycles. The maximum absolute atomic E-state index is 13.2. The summed E-state index contributed by atoms with van der Waals surface area (Å²) in [5.74, 6) is 1.20. The molecule has 1 saturated heterocycles. The second-order valence-electron chi connectivity index (χ2n) is 7.13. The zero-order valence-corrected chi connectivity index (χ0v) is 17.0. The van der Waals surface area contributed by atoms with Crippen LogP contribution in [0.15, 0.2) is 42.5 Å². The van der Waals surface area contributed by atoms with Crippen LogP contribution in [-0.2, 0) is 7.05 Å². The van der Waals surface area contributed by atoms with E-state index in [1.54, 1.807) is 29.9 Å². The molecule has 0 unspecified atom stereocenters. The summed E-state index contributed by atoms with van der Waals surface area (Å²) < 4.78 is 14.7. The van der Waals surface area contributed by atoms with E-state index < -0.39 is 0 Å². The van der Waals surface area contributed by atoms with Crippen molar-refractivity contribution in [3.05, 3.63) is 54.0 Å². The number of aryl methyl sites for hydroxylation is 1. The molecule has 1 aliphatic heterocycles. The summed E-state index contributed by atoms with van der Waals surface area (Å²) in [7, 11) is 1.75. The topological polar surface area (TPSA) is 79.2 Å². The third kappa shape index (κ3) is 4.10. The minimum absolute atomic E-state index is 0.0633. The van der Waals surface area contributed by atoms with E-state index in [0.29, 0.717) is 37.6 Å². The van der Waals surface area contributed by atoms with Crippen molar-refractivity contribution >= 4 is 17.5 Å². The average molecular weight is 409 g/mol. The summed E-state index contributed by atoms with van der Waals surface area (Å²) in [5.41, 5.74) is 1.93. The third-order valence-electron chi connectivity index (χ3n) is 5.14. The molecule has 2 aromatic heterocycles.